The molecule has 1 aromatic carbocycles. The predicted octanol–water partition coefficient (Wildman–Crippen LogP) is 2.94. The van der Waals surface area contributed by atoms with Crippen molar-refractivity contribution in [1.82, 2.24) is 10.6 Å². The van der Waals surface area contributed by atoms with Gasteiger partial charge in [0.2, 0.25) is 0 Å². The first kappa shape index (κ1) is 16.6. The molecular formula is C15H17ClN2O3S. The summed E-state index contributed by atoms with van der Waals surface area (Å²) in [5.74, 6) is 0.719. The number of urea groups is 1. The Bertz CT molecular complexity index is 616. The Morgan fingerprint density at radius 1 is 1.27 bits per heavy atom. The molecule has 0 bridgehead atoms. The summed E-state index contributed by atoms with van der Waals surface area (Å²) >= 11 is 7.23. The van der Waals surface area contributed by atoms with Crippen LogP contribution in [0.3, 0.4) is 0 Å². The minimum absolute atomic E-state index is 0.128. The first-order valence-corrected chi connectivity index (χ1v) is 7.86. The van der Waals surface area contributed by atoms with Gasteiger partial charge in [0.15, 0.2) is 0 Å². The van der Waals surface area contributed by atoms with Crippen molar-refractivity contribution in [2.75, 3.05) is 13.7 Å². The lowest BCUT2D eigenvalue weighted by Gasteiger charge is -2.13. The molecule has 5 nitrogen and oxygen atoms in total. The number of ether oxygens (including phenoxy) is 1. The van der Waals surface area contributed by atoms with Gasteiger partial charge in [-0.3, -0.25) is 0 Å². The fraction of sp³-hybridized carbons (Fsp3) is 0.267. The molecule has 2 rings (SSSR count). The van der Waals surface area contributed by atoms with Crippen LogP contribution in [0.1, 0.15) is 16.5 Å². The van der Waals surface area contributed by atoms with E-state index in [0.29, 0.717) is 16.4 Å². The number of nitrogens with one attached hydrogen (secondary N) is 2. The fourth-order valence-corrected chi connectivity index (χ4v) is 2.84. The zero-order chi connectivity index (χ0) is 15.9. The molecule has 0 aliphatic carbocycles. The third-order valence-corrected chi connectivity index (χ3v) is 4.24. The van der Waals surface area contributed by atoms with Gasteiger partial charge in [-0.1, -0.05) is 23.7 Å². The molecule has 0 aliphatic rings. The van der Waals surface area contributed by atoms with Gasteiger partial charge in [0.25, 0.3) is 0 Å². The quantitative estimate of drug-likeness (QED) is 0.757. The molecule has 3 N–H and O–H groups in total. The van der Waals surface area contributed by atoms with Gasteiger partial charge in [0, 0.05) is 11.4 Å². The lowest BCUT2D eigenvalue weighted by molar-refractivity contribution is 0.173. The monoisotopic (exact) mass is 340 g/mol. The highest BCUT2D eigenvalue weighted by Crippen LogP contribution is 2.21. The number of amides is 2. The molecule has 0 radical (unpaired) electrons. The lowest BCUT2D eigenvalue weighted by Crippen LogP contribution is -2.37. The minimum atomic E-state index is -0.771. The van der Waals surface area contributed by atoms with E-state index in [2.05, 4.69) is 10.6 Å². The molecule has 0 saturated heterocycles. The Labute approximate surface area is 137 Å². The Morgan fingerprint density at radius 2 is 2.00 bits per heavy atom. The minimum Gasteiger partial charge on any atom is -0.497 e. The molecule has 0 aliphatic heterocycles. The summed E-state index contributed by atoms with van der Waals surface area (Å²) in [6.07, 6.45) is -0.771. The first-order chi connectivity index (χ1) is 10.6. The van der Waals surface area contributed by atoms with Gasteiger partial charge < -0.3 is 20.5 Å². The maximum absolute atomic E-state index is 11.7. The second-order valence-electron chi connectivity index (χ2n) is 4.56. The van der Waals surface area contributed by atoms with Gasteiger partial charge in [0.1, 0.15) is 5.75 Å². The average Bonchev–Trinajstić information content (AvgIpc) is 2.96. The summed E-state index contributed by atoms with van der Waals surface area (Å²) in [5.41, 5.74) is 0.714. The summed E-state index contributed by atoms with van der Waals surface area (Å²) in [5, 5.41) is 15.4. The van der Waals surface area contributed by atoms with Crippen molar-refractivity contribution < 1.29 is 14.6 Å². The summed E-state index contributed by atoms with van der Waals surface area (Å²) < 4.78 is 5.74. The van der Waals surface area contributed by atoms with Gasteiger partial charge in [-0.2, -0.15) is 0 Å². The number of aliphatic hydroxyl groups is 1. The number of halogens is 1. The van der Waals surface area contributed by atoms with Gasteiger partial charge in [-0.25, -0.2) is 4.79 Å². The van der Waals surface area contributed by atoms with E-state index in [1.165, 1.54) is 11.3 Å². The number of rotatable bonds is 6. The Hall–Kier alpha value is -1.76. The van der Waals surface area contributed by atoms with Gasteiger partial charge in [-0.05, 0) is 29.8 Å². The van der Waals surface area contributed by atoms with Gasteiger partial charge >= 0.3 is 6.03 Å². The Morgan fingerprint density at radius 3 is 2.59 bits per heavy atom. The van der Waals surface area contributed by atoms with Gasteiger partial charge in [0.05, 0.1) is 24.1 Å². The predicted molar refractivity (Wildman–Crippen MR) is 87.5 cm³/mol. The highest BCUT2D eigenvalue weighted by atomic mass is 35.5. The summed E-state index contributed by atoms with van der Waals surface area (Å²) in [4.78, 5) is 12.6. The molecule has 0 unspecified atom stereocenters. The summed E-state index contributed by atoms with van der Waals surface area (Å²) in [6, 6.07) is 10.4. The van der Waals surface area contributed by atoms with E-state index in [4.69, 9.17) is 16.3 Å². The topological polar surface area (TPSA) is 70.6 Å². The smallest absolute Gasteiger partial charge is 0.315 e. The molecule has 0 spiro atoms. The van der Waals surface area contributed by atoms with Crippen molar-refractivity contribution in [1.29, 1.82) is 0 Å². The van der Waals surface area contributed by atoms with Crippen LogP contribution in [0.25, 0.3) is 0 Å². The van der Waals surface area contributed by atoms with E-state index < -0.39 is 6.10 Å². The number of thiophene rings is 1. The highest BCUT2D eigenvalue weighted by Gasteiger charge is 2.09. The number of hydrogen-bond acceptors (Lipinski definition) is 4. The summed E-state index contributed by atoms with van der Waals surface area (Å²) in [7, 11) is 1.58. The highest BCUT2D eigenvalue weighted by molar-refractivity contribution is 7.16. The van der Waals surface area contributed by atoms with E-state index in [9.17, 15) is 9.90 Å². The third-order valence-electron chi connectivity index (χ3n) is 3.01. The molecule has 118 valence electrons. The molecule has 1 atom stereocenters. The average molecular weight is 341 g/mol. The normalized spacial score (nSPS) is 11.8. The number of hydrogen-bond donors (Lipinski definition) is 3. The lowest BCUT2D eigenvalue weighted by atomic mass is 10.1. The second-order valence-corrected chi connectivity index (χ2v) is 6.36. The molecular weight excluding hydrogens is 324 g/mol. The zero-order valence-electron chi connectivity index (χ0n) is 12.0. The molecule has 0 fully saturated rings. The molecule has 2 aromatic rings. The maximum Gasteiger partial charge on any atom is 0.315 e. The van der Waals surface area contributed by atoms with Crippen molar-refractivity contribution in [2.45, 2.75) is 12.6 Å². The molecule has 0 saturated carbocycles. The zero-order valence-corrected chi connectivity index (χ0v) is 13.6. The SMILES string of the molecule is COc1ccc([C@@H](O)CNC(=O)NCc2ccc(Cl)s2)cc1. The largest absolute Gasteiger partial charge is 0.497 e. The molecule has 1 heterocycles. The van der Waals surface area contributed by atoms with Crippen LogP contribution in [-0.2, 0) is 6.54 Å². The third kappa shape index (κ3) is 4.91. The Kier molecular flexibility index (Phi) is 6.06. The standard InChI is InChI=1S/C15H17ClN2O3S/c1-21-11-4-2-10(3-5-11)13(19)9-18-15(20)17-8-12-6-7-14(16)22-12/h2-7,13,19H,8-9H2,1H3,(H2,17,18,20)/t13-/m0/s1. The van der Waals surface area contributed by atoms with Crippen molar-refractivity contribution >= 4 is 29.0 Å². The number of benzene rings is 1. The van der Waals surface area contributed by atoms with E-state index in [0.717, 1.165) is 10.6 Å². The number of aliphatic hydroxyl groups excluding tert-OH is 1. The number of methoxy groups -OCH3 is 1. The maximum atomic E-state index is 11.7. The summed E-state index contributed by atoms with van der Waals surface area (Å²) in [6.45, 7) is 0.533. The van der Waals surface area contributed by atoms with Crippen molar-refractivity contribution in [3.63, 3.8) is 0 Å². The number of carbonyl (C=O) groups excluding carboxylic acids is 1. The van der Waals surface area contributed by atoms with E-state index >= 15 is 0 Å². The molecule has 7 heteroatoms. The second kappa shape index (κ2) is 8.03. The van der Waals surface area contributed by atoms with Crippen LogP contribution in [0.4, 0.5) is 4.79 Å². The molecule has 22 heavy (non-hydrogen) atoms. The van der Waals surface area contributed by atoms with Gasteiger partial charge in [-0.15, -0.1) is 11.3 Å². The Balaban J connectivity index is 1.74. The van der Waals surface area contributed by atoms with Crippen molar-refractivity contribution in [3.8, 4) is 5.75 Å². The fourth-order valence-electron chi connectivity index (χ4n) is 1.81. The first-order valence-electron chi connectivity index (χ1n) is 6.66. The van der Waals surface area contributed by atoms with E-state index in [1.807, 2.05) is 6.07 Å². The van der Waals surface area contributed by atoms with Crippen LogP contribution in [0.5, 0.6) is 5.75 Å². The molecule has 2 amide bonds. The van der Waals surface area contributed by atoms with Crippen LogP contribution in [0, 0.1) is 0 Å². The van der Waals surface area contributed by atoms with Crippen molar-refractivity contribution in [3.05, 3.63) is 51.2 Å². The van der Waals surface area contributed by atoms with Crippen LogP contribution in [0.2, 0.25) is 4.34 Å². The van der Waals surface area contributed by atoms with Crippen molar-refractivity contribution in [2.24, 2.45) is 0 Å². The van der Waals surface area contributed by atoms with E-state index in [-0.39, 0.29) is 12.6 Å². The van der Waals surface area contributed by atoms with E-state index in [1.54, 1.807) is 37.4 Å². The molecule has 1 aromatic heterocycles. The van der Waals surface area contributed by atoms with Crippen LogP contribution < -0.4 is 15.4 Å². The van der Waals surface area contributed by atoms with Crippen LogP contribution in [-0.4, -0.2) is 24.8 Å². The van der Waals surface area contributed by atoms with Crippen LogP contribution in [0.15, 0.2) is 36.4 Å². The van der Waals surface area contributed by atoms with Crippen LogP contribution >= 0.6 is 22.9 Å². The number of carbonyl (C=O) groups is 1.